The first-order valence-electron chi connectivity index (χ1n) is 7.97. The minimum absolute atomic E-state index is 0.0347. The molecule has 138 valence electrons. The highest BCUT2D eigenvalue weighted by Crippen LogP contribution is 2.32. The van der Waals surface area contributed by atoms with Crippen LogP contribution in [0.5, 0.6) is 11.5 Å². The number of amides is 2. The van der Waals surface area contributed by atoms with E-state index in [1.165, 1.54) is 32.2 Å². The fraction of sp³-hybridized carbons (Fsp3) is 0.529. The van der Waals surface area contributed by atoms with E-state index in [9.17, 15) is 19.1 Å². The second kappa shape index (κ2) is 7.69. The number of β-amino-alcohol motifs (C(OH)–C–C–N with tert-alkyl or cyclic N) is 1. The van der Waals surface area contributed by atoms with Crippen molar-refractivity contribution in [1.29, 1.82) is 0 Å². The Morgan fingerprint density at radius 2 is 1.96 bits per heavy atom. The first-order valence-corrected chi connectivity index (χ1v) is 7.97. The Labute approximate surface area is 145 Å². The van der Waals surface area contributed by atoms with Crippen molar-refractivity contribution in [2.45, 2.75) is 24.9 Å². The zero-order chi connectivity index (χ0) is 18.6. The lowest BCUT2D eigenvalue weighted by molar-refractivity contribution is -0.127. The van der Waals surface area contributed by atoms with Crippen molar-refractivity contribution >= 4 is 11.8 Å². The molecular formula is C17H23FN2O5. The minimum atomic E-state index is -1.32. The van der Waals surface area contributed by atoms with Crippen molar-refractivity contribution in [2.24, 2.45) is 0 Å². The minimum Gasteiger partial charge on any atom is -0.493 e. The number of hydrogen-bond donors (Lipinski definition) is 2. The fourth-order valence-electron chi connectivity index (χ4n) is 3.01. The van der Waals surface area contributed by atoms with Crippen LogP contribution in [0.4, 0.5) is 4.39 Å². The number of aliphatic hydroxyl groups is 1. The molecule has 0 saturated carbocycles. The van der Waals surface area contributed by atoms with Crippen LogP contribution in [0, 0.1) is 5.82 Å². The highest BCUT2D eigenvalue weighted by molar-refractivity contribution is 5.95. The van der Waals surface area contributed by atoms with Crippen LogP contribution in [0.1, 0.15) is 29.6 Å². The van der Waals surface area contributed by atoms with E-state index in [0.717, 1.165) is 6.07 Å². The predicted molar refractivity (Wildman–Crippen MR) is 88.3 cm³/mol. The van der Waals surface area contributed by atoms with Crippen LogP contribution in [-0.4, -0.2) is 61.8 Å². The maximum absolute atomic E-state index is 14.3. The zero-order valence-corrected chi connectivity index (χ0v) is 14.6. The third-order valence-electron chi connectivity index (χ3n) is 4.31. The fourth-order valence-corrected chi connectivity index (χ4v) is 3.01. The molecule has 1 saturated heterocycles. The summed E-state index contributed by atoms with van der Waals surface area (Å²) in [7, 11) is 4.26. The van der Waals surface area contributed by atoms with Gasteiger partial charge in [-0.25, -0.2) is 4.39 Å². The Balaban J connectivity index is 2.24. The zero-order valence-electron chi connectivity index (χ0n) is 14.6. The number of ether oxygens (including phenoxy) is 2. The van der Waals surface area contributed by atoms with E-state index in [1.807, 2.05) is 0 Å². The van der Waals surface area contributed by atoms with Crippen molar-refractivity contribution in [2.75, 3.05) is 34.4 Å². The van der Waals surface area contributed by atoms with E-state index < -0.39 is 17.3 Å². The molecule has 25 heavy (non-hydrogen) atoms. The summed E-state index contributed by atoms with van der Waals surface area (Å²) in [6.07, 6.45) is 0.814. The molecule has 1 aromatic rings. The number of rotatable bonds is 5. The van der Waals surface area contributed by atoms with Gasteiger partial charge in [0.2, 0.25) is 5.91 Å². The highest BCUT2D eigenvalue weighted by atomic mass is 19.1. The molecule has 0 bridgehead atoms. The van der Waals surface area contributed by atoms with Gasteiger partial charge < -0.3 is 24.8 Å². The number of nitrogens with one attached hydrogen (secondary N) is 1. The molecule has 0 aliphatic carbocycles. The van der Waals surface area contributed by atoms with Gasteiger partial charge in [0.25, 0.3) is 5.91 Å². The first kappa shape index (κ1) is 19.0. The smallest absolute Gasteiger partial charge is 0.257 e. The molecule has 2 N–H and O–H groups in total. The van der Waals surface area contributed by atoms with E-state index in [-0.39, 0.29) is 35.9 Å². The molecule has 0 aromatic heterocycles. The van der Waals surface area contributed by atoms with Gasteiger partial charge in [-0.2, -0.15) is 0 Å². The van der Waals surface area contributed by atoms with Gasteiger partial charge in [-0.15, -0.1) is 0 Å². The summed E-state index contributed by atoms with van der Waals surface area (Å²) < 4.78 is 24.4. The number of likely N-dealkylation sites (tertiary alicyclic amines) is 1. The van der Waals surface area contributed by atoms with Crippen molar-refractivity contribution in [3.8, 4) is 11.5 Å². The van der Waals surface area contributed by atoms with Gasteiger partial charge in [0, 0.05) is 19.7 Å². The molecule has 1 heterocycles. The Hall–Kier alpha value is -2.35. The van der Waals surface area contributed by atoms with Crippen LogP contribution in [0.15, 0.2) is 12.1 Å². The number of methoxy groups -OCH3 is 2. The van der Waals surface area contributed by atoms with Crippen molar-refractivity contribution in [3.05, 3.63) is 23.5 Å². The number of carbonyl (C=O) groups excluding carboxylic acids is 2. The number of hydrogen-bond acceptors (Lipinski definition) is 5. The number of halogens is 1. The topological polar surface area (TPSA) is 88.1 Å². The maximum Gasteiger partial charge on any atom is 0.257 e. The van der Waals surface area contributed by atoms with Crippen LogP contribution in [0.25, 0.3) is 0 Å². The van der Waals surface area contributed by atoms with Crippen LogP contribution in [0.2, 0.25) is 0 Å². The van der Waals surface area contributed by atoms with Gasteiger partial charge in [0.1, 0.15) is 5.82 Å². The molecular weight excluding hydrogens is 331 g/mol. The predicted octanol–water partition coefficient (Wildman–Crippen LogP) is 0.946. The number of nitrogens with zero attached hydrogens (tertiary/aromatic N) is 1. The Morgan fingerprint density at radius 3 is 2.56 bits per heavy atom. The van der Waals surface area contributed by atoms with Crippen molar-refractivity contribution in [1.82, 2.24) is 10.2 Å². The van der Waals surface area contributed by atoms with Crippen molar-refractivity contribution < 1.29 is 28.6 Å². The van der Waals surface area contributed by atoms with Crippen LogP contribution in [0.3, 0.4) is 0 Å². The lowest BCUT2D eigenvalue weighted by atomic mass is 9.89. The van der Waals surface area contributed by atoms with Crippen LogP contribution < -0.4 is 14.8 Å². The van der Waals surface area contributed by atoms with E-state index >= 15 is 0 Å². The number of benzene rings is 1. The third kappa shape index (κ3) is 4.19. The normalized spacial score (nSPS) is 20.1. The summed E-state index contributed by atoms with van der Waals surface area (Å²) in [4.78, 5) is 25.6. The van der Waals surface area contributed by atoms with E-state index in [0.29, 0.717) is 19.4 Å². The molecule has 1 unspecified atom stereocenters. The second-order valence-corrected chi connectivity index (χ2v) is 6.09. The SMILES string of the molecule is CNC(=O)CC1(O)CCCN(C(=O)c2cc(OC)c(OC)cc2F)C1. The van der Waals surface area contributed by atoms with Gasteiger partial charge in [0.15, 0.2) is 11.5 Å². The average molecular weight is 354 g/mol. The monoisotopic (exact) mass is 354 g/mol. The largest absolute Gasteiger partial charge is 0.493 e. The van der Waals surface area contributed by atoms with Gasteiger partial charge in [-0.3, -0.25) is 9.59 Å². The molecule has 0 radical (unpaired) electrons. The van der Waals surface area contributed by atoms with E-state index in [1.54, 1.807) is 0 Å². The van der Waals surface area contributed by atoms with Crippen LogP contribution in [-0.2, 0) is 4.79 Å². The molecule has 7 nitrogen and oxygen atoms in total. The maximum atomic E-state index is 14.3. The van der Waals surface area contributed by atoms with Gasteiger partial charge in [-0.05, 0) is 18.9 Å². The summed E-state index contributed by atoms with van der Waals surface area (Å²) in [5, 5.41) is 13.1. The lowest BCUT2D eigenvalue weighted by Crippen LogP contribution is -2.52. The molecule has 8 heteroatoms. The van der Waals surface area contributed by atoms with Gasteiger partial charge in [0.05, 0.1) is 38.3 Å². The Morgan fingerprint density at radius 1 is 1.32 bits per heavy atom. The highest BCUT2D eigenvalue weighted by Gasteiger charge is 2.37. The van der Waals surface area contributed by atoms with Crippen molar-refractivity contribution in [3.63, 3.8) is 0 Å². The molecule has 1 fully saturated rings. The standard InChI is InChI=1S/C17H23FN2O5/c1-19-15(21)9-17(23)5-4-6-20(10-17)16(22)11-7-13(24-2)14(25-3)8-12(11)18/h7-8,23H,4-6,9-10H2,1-3H3,(H,19,21). The van der Waals surface area contributed by atoms with Gasteiger partial charge >= 0.3 is 0 Å². The molecule has 2 rings (SSSR count). The van der Waals surface area contributed by atoms with E-state index in [4.69, 9.17) is 9.47 Å². The van der Waals surface area contributed by atoms with Crippen LogP contribution >= 0.6 is 0 Å². The first-order chi connectivity index (χ1) is 11.8. The third-order valence-corrected chi connectivity index (χ3v) is 4.31. The molecule has 1 aliphatic rings. The Kier molecular flexibility index (Phi) is 5.84. The average Bonchev–Trinajstić information content (AvgIpc) is 2.60. The quantitative estimate of drug-likeness (QED) is 0.822. The summed E-state index contributed by atoms with van der Waals surface area (Å²) in [6, 6.07) is 2.37. The molecule has 2 amide bonds. The summed E-state index contributed by atoms with van der Waals surface area (Å²) in [5.41, 5.74) is -1.48. The second-order valence-electron chi connectivity index (χ2n) is 6.09. The number of carbonyl (C=O) groups is 2. The van der Waals surface area contributed by atoms with E-state index in [2.05, 4.69) is 5.32 Å². The lowest BCUT2D eigenvalue weighted by Gasteiger charge is -2.39. The summed E-state index contributed by atoms with van der Waals surface area (Å²) >= 11 is 0. The molecule has 1 aliphatic heterocycles. The summed E-state index contributed by atoms with van der Waals surface area (Å²) in [6.45, 7) is 0.343. The van der Waals surface area contributed by atoms with Gasteiger partial charge in [-0.1, -0.05) is 0 Å². The molecule has 0 spiro atoms. The molecule has 1 aromatic carbocycles. The Bertz CT molecular complexity index is 667. The molecule has 1 atom stereocenters. The number of piperidine rings is 1. The summed E-state index contributed by atoms with van der Waals surface area (Å²) in [5.74, 6) is -1.18.